The van der Waals surface area contributed by atoms with Gasteiger partial charge >= 0.3 is 0 Å². The molecule has 0 N–H and O–H groups in total. The van der Waals surface area contributed by atoms with Crippen LogP contribution in [0.25, 0.3) is 0 Å². The van der Waals surface area contributed by atoms with Gasteiger partial charge in [0.1, 0.15) is 17.2 Å². The molecule has 0 saturated carbocycles. The average Bonchev–Trinajstić information content (AvgIpc) is 2.34. The molecule has 1 rings (SSSR count). The minimum atomic E-state index is -0.776. The van der Waals surface area contributed by atoms with Gasteiger partial charge in [-0.1, -0.05) is 19.9 Å². The van der Waals surface area contributed by atoms with Crippen LogP contribution in [0.3, 0.4) is 0 Å². The molecule has 1 aromatic rings. The third-order valence-electron chi connectivity index (χ3n) is 3.25. The van der Waals surface area contributed by atoms with E-state index >= 15 is 0 Å². The number of benzene rings is 1. The lowest BCUT2D eigenvalue weighted by Crippen LogP contribution is -2.46. The quantitative estimate of drug-likeness (QED) is 0.805. The third kappa shape index (κ3) is 3.05. The first-order chi connectivity index (χ1) is 8.46. The highest BCUT2D eigenvalue weighted by Gasteiger charge is 2.31. The zero-order valence-electron chi connectivity index (χ0n) is 11.0. The van der Waals surface area contributed by atoms with E-state index in [1.165, 1.54) is 12.1 Å². The van der Waals surface area contributed by atoms with Crippen molar-refractivity contribution in [2.24, 2.45) is 0 Å². The second-order valence-corrected chi connectivity index (χ2v) is 4.47. The van der Waals surface area contributed by atoms with Gasteiger partial charge in [0, 0.05) is 12.5 Å². The van der Waals surface area contributed by atoms with Crippen LogP contribution in [-0.2, 0) is 6.42 Å². The van der Waals surface area contributed by atoms with Crippen molar-refractivity contribution in [1.29, 1.82) is 5.26 Å². The van der Waals surface area contributed by atoms with Gasteiger partial charge in [0.25, 0.3) is 0 Å². The summed E-state index contributed by atoms with van der Waals surface area (Å²) in [5.41, 5.74) is -0.408. The molecule has 0 aromatic heterocycles. The van der Waals surface area contributed by atoms with Crippen molar-refractivity contribution in [1.82, 2.24) is 4.90 Å². The summed E-state index contributed by atoms with van der Waals surface area (Å²) in [6.45, 7) is 7.12. The normalized spacial score (nSPS) is 14.3. The molecular weight excluding hydrogens is 234 g/mol. The Bertz CT molecular complexity index is 450. The smallest absolute Gasteiger partial charge is 0.129 e. The van der Waals surface area contributed by atoms with E-state index in [0.717, 1.165) is 6.07 Å². The summed E-state index contributed by atoms with van der Waals surface area (Å²) in [5, 5.41) is 9.34. The van der Waals surface area contributed by atoms with Gasteiger partial charge in [-0.05, 0) is 31.6 Å². The molecule has 0 amide bonds. The van der Waals surface area contributed by atoms with E-state index in [9.17, 15) is 14.0 Å². The Kier molecular flexibility index (Phi) is 4.80. The SMILES string of the molecule is CCN(CC)C(C)(C#N)Cc1ccc(F)cc1F. The fourth-order valence-electron chi connectivity index (χ4n) is 2.18. The fourth-order valence-corrected chi connectivity index (χ4v) is 2.18. The molecule has 4 heteroatoms. The molecule has 1 atom stereocenters. The minimum Gasteiger partial charge on any atom is -0.286 e. The number of hydrogen-bond donors (Lipinski definition) is 0. The van der Waals surface area contributed by atoms with E-state index in [0.29, 0.717) is 18.7 Å². The zero-order valence-corrected chi connectivity index (χ0v) is 11.0. The van der Waals surface area contributed by atoms with Crippen LogP contribution in [0.1, 0.15) is 26.3 Å². The highest BCUT2D eigenvalue weighted by atomic mass is 19.1. The van der Waals surface area contributed by atoms with E-state index < -0.39 is 17.2 Å². The van der Waals surface area contributed by atoms with Gasteiger partial charge in [-0.3, -0.25) is 4.90 Å². The second kappa shape index (κ2) is 5.92. The van der Waals surface area contributed by atoms with Crippen molar-refractivity contribution in [2.45, 2.75) is 32.7 Å². The van der Waals surface area contributed by atoms with Crippen LogP contribution in [0.15, 0.2) is 18.2 Å². The number of halogens is 2. The van der Waals surface area contributed by atoms with Crippen LogP contribution >= 0.6 is 0 Å². The lowest BCUT2D eigenvalue weighted by molar-refractivity contribution is 0.168. The largest absolute Gasteiger partial charge is 0.286 e. The molecule has 0 aliphatic heterocycles. The Morgan fingerprint density at radius 1 is 1.28 bits per heavy atom. The van der Waals surface area contributed by atoms with Gasteiger partial charge in [0.05, 0.1) is 6.07 Å². The van der Waals surface area contributed by atoms with Gasteiger partial charge in [0.2, 0.25) is 0 Å². The topological polar surface area (TPSA) is 27.0 Å². The van der Waals surface area contributed by atoms with Crippen molar-refractivity contribution in [3.05, 3.63) is 35.4 Å². The molecule has 0 spiro atoms. The summed E-state index contributed by atoms with van der Waals surface area (Å²) in [7, 11) is 0. The third-order valence-corrected chi connectivity index (χ3v) is 3.25. The molecule has 1 unspecified atom stereocenters. The average molecular weight is 252 g/mol. The molecule has 0 heterocycles. The van der Waals surface area contributed by atoms with E-state index in [-0.39, 0.29) is 6.42 Å². The second-order valence-electron chi connectivity index (χ2n) is 4.47. The number of nitrogens with zero attached hydrogens (tertiary/aromatic N) is 2. The van der Waals surface area contributed by atoms with Crippen LogP contribution in [-0.4, -0.2) is 23.5 Å². The maximum atomic E-state index is 13.6. The predicted octanol–water partition coefficient (Wildman–Crippen LogP) is 3.13. The first-order valence-corrected chi connectivity index (χ1v) is 6.07. The molecule has 0 bridgehead atoms. The van der Waals surface area contributed by atoms with E-state index in [2.05, 4.69) is 6.07 Å². The highest BCUT2D eigenvalue weighted by molar-refractivity contribution is 5.24. The molecule has 1 aromatic carbocycles. The van der Waals surface area contributed by atoms with Gasteiger partial charge < -0.3 is 0 Å². The van der Waals surface area contributed by atoms with E-state index in [1.807, 2.05) is 18.7 Å². The van der Waals surface area contributed by atoms with Crippen LogP contribution in [0.4, 0.5) is 8.78 Å². The highest BCUT2D eigenvalue weighted by Crippen LogP contribution is 2.22. The van der Waals surface area contributed by atoms with Crippen molar-refractivity contribution < 1.29 is 8.78 Å². The molecule has 0 aliphatic rings. The number of likely N-dealkylation sites (N-methyl/N-ethyl adjacent to an activating group) is 1. The Morgan fingerprint density at radius 2 is 1.89 bits per heavy atom. The molecule has 0 aliphatic carbocycles. The van der Waals surface area contributed by atoms with Gasteiger partial charge in [-0.15, -0.1) is 0 Å². The van der Waals surface area contributed by atoms with Crippen molar-refractivity contribution in [2.75, 3.05) is 13.1 Å². The number of rotatable bonds is 5. The van der Waals surface area contributed by atoms with E-state index in [1.54, 1.807) is 6.92 Å². The molecule has 0 saturated heterocycles. The zero-order chi connectivity index (χ0) is 13.8. The van der Waals surface area contributed by atoms with Crippen LogP contribution in [0, 0.1) is 23.0 Å². The van der Waals surface area contributed by atoms with Gasteiger partial charge in [0.15, 0.2) is 0 Å². The van der Waals surface area contributed by atoms with Crippen molar-refractivity contribution >= 4 is 0 Å². The van der Waals surface area contributed by atoms with E-state index in [4.69, 9.17) is 0 Å². The summed E-state index contributed by atoms with van der Waals surface area (Å²) in [6.07, 6.45) is 0.247. The first kappa shape index (κ1) is 14.6. The van der Waals surface area contributed by atoms with Gasteiger partial charge in [-0.25, -0.2) is 8.78 Å². The summed E-state index contributed by atoms with van der Waals surface area (Å²) in [6, 6.07) is 5.72. The summed E-state index contributed by atoms with van der Waals surface area (Å²) in [4.78, 5) is 1.97. The van der Waals surface area contributed by atoms with Crippen LogP contribution in [0.2, 0.25) is 0 Å². The summed E-state index contributed by atoms with van der Waals surface area (Å²) in [5.74, 6) is -1.19. The van der Waals surface area contributed by atoms with Crippen LogP contribution < -0.4 is 0 Å². The minimum absolute atomic E-state index is 0.247. The number of hydrogen-bond acceptors (Lipinski definition) is 2. The maximum absolute atomic E-state index is 13.6. The maximum Gasteiger partial charge on any atom is 0.129 e. The summed E-state index contributed by atoms with van der Waals surface area (Å²) < 4.78 is 26.5. The number of nitriles is 1. The van der Waals surface area contributed by atoms with Gasteiger partial charge in [-0.2, -0.15) is 5.26 Å². The molecule has 0 radical (unpaired) electrons. The Labute approximate surface area is 107 Å². The Balaban J connectivity index is 3.02. The molecule has 2 nitrogen and oxygen atoms in total. The lowest BCUT2D eigenvalue weighted by Gasteiger charge is -2.34. The monoisotopic (exact) mass is 252 g/mol. The Hall–Kier alpha value is -1.47. The molecular formula is C14H18F2N2. The fraction of sp³-hybridized carbons (Fsp3) is 0.500. The van der Waals surface area contributed by atoms with Crippen LogP contribution in [0.5, 0.6) is 0 Å². The van der Waals surface area contributed by atoms with Crippen molar-refractivity contribution in [3.8, 4) is 6.07 Å². The molecule has 18 heavy (non-hydrogen) atoms. The predicted molar refractivity (Wildman–Crippen MR) is 67.0 cm³/mol. The van der Waals surface area contributed by atoms with Crippen molar-refractivity contribution in [3.63, 3.8) is 0 Å². The Morgan fingerprint density at radius 3 is 2.33 bits per heavy atom. The first-order valence-electron chi connectivity index (χ1n) is 6.07. The molecule has 0 fully saturated rings. The standard InChI is InChI=1S/C14H18F2N2/c1-4-18(5-2)14(3,10-17)9-11-6-7-12(15)8-13(11)16/h6-8H,4-5,9H2,1-3H3. The molecule has 98 valence electrons. The summed E-state index contributed by atoms with van der Waals surface area (Å²) >= 11 is 0. The lowest BCUT2D eigenvalue weighted by atomic mass is 9.92.